The molecular weight excluding hydrogens is 296 g/mol. The Balaban J connectivity index is 1.68. The van der Waals surface area contributed by atoms with Gasteiger partial charge < -0.3 is 10.4 Å². The molecule has 0 saturated heterocycles. The van der Waals surface area contributed by atoms with Crippen molar-refractivity contribution in [3.05, 3.63) is 64.4 Å². The van der Waals surface area contributed by atoms with Crippen LogP contribution in [0, 0.1) is 0 Å². The Morgan fingerprint density at radius 3 is 2.82 bits per heavy atom. The van der Waals surface area contributed by atoms with Gasteiger partial charge in [0, 0.05) is 13.2 Å². The third-order valence-electron chi connectivity index (χ3n) is 4.37. The van der Waals surface area contributed by atoms with Gasteiger partial charge in [0.1, 0.15) is 5.15 Å². The van der Waals surface area contributed by atoms with E-state index in [1.807, 2.05) is 24.3 Å². The molecule has 1 aliphatic carbocycles. The quantitative estimate of drug-likeness (QED) is 0.802. The number of nitrogens with one attached hydrogen (secondary N) is 1. The van der Waals surface area contributed by atoms with Crippen LogP contribution < -0.4 is 5.32 Å². The van der Waals surface area contributed by atoms with E-state index in [-0.39, 0.29) is 12.6 Å². The number of hydrogen-bond donors (Lipinski definition) is 2. The smallest absolute Gasteiger partial charge is 0.129 e. The average molecular weight is 317 g/mol. The van der Waals surface area contributed by atoms with E-state index in [1.165, 1.54) is 11.1 Å². The largest absolute Gasteiger partial charge is 0.396 e. The number of aliphatic hydroxyl groups is 1. The number of halogens is 1. The maximum absolute atomic E-state index is 9.33. The number of pyridine rings is 1. The molecule has 22 heavy (non-hydrogen) atoms. The summed E-state index contributed by atoms with van der Waals surface area (Å²) in [5.74, 6) is 0.314. The molecule has 1 heterocycles. The first kappa shape index (κ1) is 15.5. The fourth-order valence-electron chi connectivity index (χ4n) is 3.18. The van der Waals surface area contributed by atoms with Crippen molar-refractivity contribution in [2.24, 2.45) is 0 Å². The molecule has 0 aliphatic heterocycles. The molecular formula is C18H21ClN2O. The van der Waals surface area contributed by atoms with Crippen LogP contribution in [0.5, 0.6) is 0 Å². The number of aromatic nitrogens is 1. The Bertz CT molecular complexity index is 618. The fraction of sp³-hybridized carbons (Fsp3) is 0.389. The molecule has 0 spiro atoms. The van der Waals surface area contributed by atoms with Crippen LogP contribution in [0.1, 0.15) is 41.6 Å². The Morgan fingerprint density at radius 1 is 1.23 bits per heavy atom. The molecule has 0 bridgehead atoms. The second-order valence-corrected chi connectivity index (χ2v) is 6.18. The van der Waals surface area contributed by atoms with Crippen LogP contribution >= 0.6 is 11.6 Å². The minimum absolute atomic E-state index is 0.201. The van der Waals surface area contributed by atoms with Gasteiger partial charge in [-0.1, -0.05) is 48.0 Å². The van der Waals surface area contributed by atoms with Crippen LogP contribution in [0.3, 0.4) is 0 Å². The number of fused-ring (bicyclic) bond motifs is 1. The Kier molecular flexibility index (Phi) is 5.08. The van der Waals surface area contributed by atoms with Crippen molar-refractivity contribution >= 4 is 11.6 Å². The summed E-state index contributed by atoms with van der Waals surface area (Å²) in [6.45, 7) is 1.04. The SMILES string of the molecule is OCCC(CNC1CCc2ccc(Cl)nc21)c1ccccc1. The number of benzene rings is 1. The number of aliphatic hydroxyl groups excluding tert-OH is 1. The predicted octanol–water partition coefficient (Wildman–Crippen LogP) is 3.48. The van der Waals surface area contributed by atoms with Gasteiger partial charge in [-0.2, -0.15) is 0 Å². The van der Waals surface area contributed by atoms with Gasteiger partial charge in [-0.25, -0.2) is 4.98 Å². The summed E-state index contributed by atoms with van der Waals surface area (Å²) in [5.41, 5.74) is 3.64. The molecule has 2 N–H and O–H groups in total. The molecule has 3 rings (SSSR count). The van der Waals surface area contributed by atoms with E-state index in [1.54, 1.807) is 0 Å². The van der Waals surface area contributed by atoms with Gasteiger partial charge in [0.25, 0.3) is 0 Å². The van der Waals surface area contributed by atoms with Crippen LogP contribution in [-0.2, 0) is 6.42 Å². The van der Waals surface area contributed by atoms with Crippen molar-refractivity contribution in [3.8, 4) is 0 Å². The zero-order valence-corrected chi connectivity index (χ0v) is 13.3. The van der Waals surface area contributed by atoms with Crippen molar-refractivity contribution in [2.75, 3.05) is 13.2 Å². The molecule has 0 saturated carbocycles. The highest BCUT2D eigenvalue weighted by atomic mass is 35.5. The molecule has 0 amide bonds. The highest BCUT2D eigenvalue weighted by Gasteiger charge is 2.24. The highest BCUT2D eigenvalue weighted by Crippen LogP contribution is 2.31. The topological polar surface area (TPSA) is 45.1 Å². The van der Waals surface area contributed by atoms with E-state index in [2.05, 4.69) is 28.5 Å². The zero-order chi connectivity index (χ0) is 15.4. The molecule has 116 valence electrons. The minimum Gasteiger partial charge on any atom is -0.396 e. The van der Waals surface area contributed by atoms with Crippen molar-refractivity contribution in [1.29, 1.82) is 0 Å². The first-order chi connectivity index (χ1) is 10.8. The molecule has 0 fully saturated rings. The minimum atomic E-state index is 0.201. The van der Waals surface area contributed by atoms with E-state index in [9.17, 15) is 5.11 Å². The third-order valence-corrected chi connectivity index (χ3v) is 4.58. The van der Waals surface area contributed by atoms with Gasteiger partial charge in [0.15, 0.2) is 0 Å². The molecule has 1 aromatic heterocycles. The van der Waals surface area contributed by atoms with Crippen LogP contribution in [-0.4, -0.2) is 23.2 Å². The second kappa shape index (κ2) is 7.23. The Hall–Kier alpha value is -1.42. The van der Waals surface area contributed by atoms with Gasteiger partial charge in [0.2, 0.25) is 0 Å². The maximum Gasteiger partial charge on any atom is 0.129 e. The summed E-state index contributed by atoms with van der Waals surface area (Å²) in [6, 6.07) is 14.6. The van der Waals surface area contributed by atoms with Crippen molar-refractivity contribution < 1.29 is 5.11 Å². The van der Waals surface area contributed by atoms with Gasteiger partial charge in [-0.15, -0.1) is 0 Å². The first-order valence-corrected chi connectivity index (χ1v) is 8.20. The lowest BCUT2D eigenvalue weighted by atomic mass is 9.95. The van der Waals surface area contributed by atoms with Crippen molar-refractivity contribution in [2.45, 2.75) is 31.2 Å². The standard InChI is InChI=1S/C18H21ClN2O/c19-17-9-7-14-6-8-16(18(14)21-17)20-12-15(10-11-22)13-4-2-1-3-5-13/h1-5,7,9,15-16,20,22H,6,8,10-12H2. The highest BCUT2D eigenvalue weighted by molar-refractivity contribution is 6.29. The van der Waals surface area contributed by atoms with Crippen LogP contribution in [0.25, 0.3) is 0 Å². The maximum atomic E-state index is 9.33. The number of hydrogen-bond acceptors (Lipinski definition) is 3. The van der Waals surface area contributed by atoms with Gasteiger partial charge >= 0.3 is 0 Å². The summed E-state index contributed by atoms with van der Waals surface area (Å²) in [7, 11) is 0. The van der Waals surface area contributed by atoms with Gasteiger partial charge in [-0.3, -0.25) is 0 Å². The summed E-state index contributed by atoms with van der Waals surface area (Å²) < 4.78 is 0. The van der Waals surface area contributed by atoms with Gasteiger partial charge in [-0.05, 0) is 42.4 Å². The molecule has 2 aromatic rings. The van der Waals surface area contributed by atoms with E-state index >= 15 is 0 Å². The molecule has 2 unspecified atom stereocenters. The predicted molar refractivity (Wildman–Crippen MR) is 89.2 cm³/mol. The van der Waals surface area contributed by atoms with Gasteiger partial charge in [0.05, 0.1) is 11.7 Å². The van der Waals surface area contributed by atoms with Crippen LogP contribution in [0.2, 0.25) is 5.15 Å². The third kappa shape index (κ3) is 3.49. The molecule has 2 atom stereocenters. The summed E-state index contributed by atoms with van der Waals surface area (Å²) >= 11 is 6.03. The number of nitrogens with zero attached hydrogens (tertiary/aromatic N) is 1. The van der Waals surface area contributed by atoms with E-state index < -0.39 is 0 Å². The Morgan fingerprint density at radius 2 is 2.05 bits per heavy atom. The lowest BCUT2D eigenvalue weighted by Crippen LogP contribution is -2.26. The Labute approximate surface area is 136 Å². The summed E-state index contributed by atoms with van der Waals surface area (Å²) in [6.07, 6.45) is 2.87. The summed E-state index contributed by atoms with van der Waals surface area (Å²) in [5, 5.41) is 13.5. The normalized spacial score (nSPS) is 18.2. The molecule has 4 heteroatoms. The number of aryl methyl sites for hydroxylation is 1. The average Bonchev–Trinajstić information content (AvgIpc) is 2.94. The van der Waals surface area contributed by atoms with E-state index in [0.717, 1.165) is 31.5 Å². The number of rotatable bonds is 6. The second-order valence-electron chi connectivity index (χ2n) is 5.80. The first-order valence-electron chi connectivity index (χ1n) is 7.82. The van der Waals surface area contributed by atoms with E-state index in [4.69, 9.17) is 11.6 Å². The van der Waals surface area contributed by atoms with Crippen LogP contribution in [0.15, 0.2) is 42.5 Å². The summed E-state index contributed by atoms with van der Waals surface area (Å²) in [4.78, 5) is 4.49. The monoisotopic (exact) mass is 316 g/mol. The van der Waals surface area contributed by atoms with Crippen LogP contribution in [0.4, 0.5) is 0 Å². The molecule has 1 aromatic carbocycles. The van der Waals surface area contributed by atoms with E-state index in [0.29, 0.717) is 11.1 Å². The van der Waals surface area contributed by atoms with Crippen molar-refractivity contribution in [1.82, 2.24) is 10.3 Å². The molecule has 3 nitrogen and oxygen atoms in total. The molecule has 1 aliphatic rings. The van der Waals surface area contributed by atoms with Crippen molar-refractivity contribution in [3.63, 3.8) is 0 Å². The molecule has 0 radical (unpaired) electrons. The lowest BCUT2D eigenvalue weighted by Gasteiger charge is -2.20. The zero-order valence-electron chi connectivity index (χ0n) is 12.5. The fourth-order valence-corrected chi connectivity index (χ4v) is 3.33. The lowest BCUT2D eigenvalue weighted by molar-refractivity contribution is 0.271.